The third kappa shape index (κ3) is 4.67. The molecule has 9 heteroatoms. The van der Waals surface area contributed by atoms with Crippen molar-refractivity contribution in [3.8, 4) is 0 Å². The van der Waals surface area contributed by atoms with E-state index in [1.54, 1.807) is 6.07 Å². The van der Waals surface area contributed by atoms with Crippen LogP contribution in [0.15, 0.2) is 53.4 Å². The van der Waals surface area contributed by atoms with E-state index in [9.17, 15) is 26.4 Å². The third-order valence-electron chi connectivity index (χ3n) is 3.86. The molecule has 0 aliphatic carbocycles. The number of alkyl halides is 3. The molecule has 0 aliphatic rings. The van der Waals surface area contributed by atoms with Crippen LogP contribution in [0, 0.1) is 6.92 Å². The molecular formula is C18H18F3NO4S. The van der Waals surface area contributed by atoms with Gasteiger partial charge in [-0.3, -0.25) is 0 Å². The zero-order valence-corrected chi connectivity index (χ0v) is 15.6. The van der Waals surface area contributed by atoms with Crippen LogP contribution in [0.4, 0.5) is 13.2 Å². The molecule has 0 heterocycles. The quantitative estimate of drug-likeness (QED) is 0.717. The van der Waals surface area contributed by atoms with E-state index in [-0.39, 0.29) is 16.0 Å². The predicted molar refractivity (Wildman–Crippen MR) is 92.7 cm³/mol. The Morgan fingerprint density at radius 1 is 1.04 bits per heavy atom. The number of benzene rings is 2. The van der Waals surface area contributed by atoms with Gasteiger partial charge in [0, 0.05) is 19.7 Å². The first-order valence-corrected chi connectivity index (χ1v) is 9.24. The first-order valence-electron chi connectivity index (χ1n) is 7.80. The first-order chi connectivity index (χ1) is 12.4. The van der Waals surface area contributed by atoms with E-state index in [0.717, 1.165) is 28.6 Å². The molecule has 5 nitrogen and oxygen atoms in total. The van der Waals surface area contributed by atoms with Gasteiger partial charge in [0.25, 0.3) is 0 Å². The maximum atomic E-state index is 13.4. The molecule has 146 valence electrons. The minimum Gasteiger partial charge on any atom is -0.444 e. The number of nitrogens with zero attached hydrogens (tertiary/aromatic N) is 1. The zero-order valence-electron chi connectivity index (χ0n) is 14.8. The van der Waals surface area contributed by atoms with E-state index < -0.39 is 28.3 Å². The van der Waals surface area contributed by atoms with Crippen molar-refractivity contribution in [3.63, 3.8) is 0 Å². The minimum atomic E-state index is -4.80. The van der Waals surface area contributed by atoms with Crippen molar-refractivity contribution >= 4 is 16.0 Å². The molecule has 2 aromatic rings. The summed E-state index contributed by atoms with van der Waals surface area (Å²) in [6.45, 7) is 1.49. The fourth-order valence-electron chi connectivity index (χ4n) is 2.34. The molecule has 1 unspecified atom stereocenters. The number of esters is 1. The Bertz CT molecular complexity index is 922. The van der Waals surface area contributed by atoms with Crippen molar-refractivity contribution in [2.75, 3.05) is 14.1 Å². The summed E-state index contributed by atoms with van der Waals surface area (Å²) in [6.07, 6.45) is -7.22. The molecule has 0 saturated carbocycles. The monoisotopic (exact) mass is 401 g/mol. The number of sulfonamides is 1. The largest absolute Gasteiger partial charge is 0.444 e. The van der Waals surface area contributed by atoms with Crippen molar-refractivity contribution in [1.29, 1.82) is 0 Å². The van der Waals surface area contributed by atoms with Gasteiger partial charge in [-0.25, -0.2) is 17.5 Å². The van der Waals surface area contributed by atoms with Crippen LogP contribution in [0.2, 0.25) is 0 Å². The predicted octanol–water partition coefficient (Wildman–Crippen LogP) is 3.71. The summed E-state index contributed by atoms with van der Waals surface area (Å²) in [6, 6.07) is 10.3. The summed E-state index contributed by atoms with van der Waals surface area (Å²) in [4.78, 5) is 12.1. The van der Waals surface area contributed by atoms with Gasteiger partial charge in [-0.05, 0) is 36.8 Å². The zero-order chi connectivity index (χ0) is 20.4. The van der Waals surface area contributed by atoms with E-state index in [4.69, 9.17) is 4.74 Å². The van der Waals surface area contributed by atoms with Gasteiger partial charge < -0.3 is 4.74 Å². The molecule has 27 heavy (non-hydrogen) atoms. The van der Waals surface area contributed by atoms with Crippen LogP contribution in [0.5, 0.6) is 0 Å². The SMILES string of the molecule is Cc1ccccc1C(OC(=O)c1ccc(S(=O)(=O)N(C)C)cc1)C(F)(F)F. The van der Waals surface area contributed by atoms with Crippen LogP contribution >= 0.6 is 0 Å². The average molecular weight is 401 g/mol. The van der Waals surface area contributed by atoms with Gasteiger partial charge in [0.05, 0.1) is 10.5 Å². The molecule has 0 amide bonds. The number of rotatable bonds is 5. The summed E-state index contributed by atoms with van der Waals surface area (Å²) in [7, 11) is -1.03. The van der Waals surface area contributed by atoms with Crippen LogP contribution in [0.1, 0.15) is 27.6 Å². The van der Waals surface area contributed by atoms with Gasteiger partial charge in [-0.2, -0.15) is 13.2 Å². The van der Waals surface area contributed by atoms with Crippen LogP contribution in [0.3, 0.4) is 0 Å². The van der Waals surface area contributed by atoms with E-state index >= 15 is 0 Å². The highest BCUT2D eigenvalue weighted by molar-refractivity contribution is 7.89. The van der Waals surface area contributed by atoms with Gasteiger partial charge in [0.2, 0.25) is 16.1 Å². The van der Waals surface area contributed by atoms with E-state index in [1.165, 1.54) is 39.2 Å². The van der Waals surface area contributed by atoms with Gasteiger partial charge >= 0.3 is 12.1 Å². The highest BCUT2D eigenvalue weighted by Gasteiger charge is 2.44. The molecule has 0 radical (unpaired) electrons. The number of ether oxygens (including phenoxy) is 1. The number of hydrogen-bond donors (Lipinski definition) is 0. The maximum Gasteiger partial charge on any atom is 0.429 e. The molecule has 0 saturated heterocycles. The lowest BCUT2D eigenvalue weighted by Crippen LogP contribution is -2.27. The Morgan fingerprint density at radius 2 is 1.59 bits per heavy atom. The van der Waals surface area contributed by atoms with Crippen molar-refractivity contribution < 1.29 is 31.1 Å². The van der Waals surface area contributed by atoms with Crippen LogP contribution in [0.25, 0.3) is 0 Å². The molecule has 0 spiro atoms. The number of hydrogen-bond acceptors (Lipinski definition) is 4. The molecule has 0 bridgehead atoms. The standard InChI is InChI=1S/C18H18F3NO4S/c1-12-6-4-5-7-15(12)16(18(19,20)21)26-17(23)13-8-10-14(11-9-13)27(24,25)22(2)3/h4-11,16H,1-3H3. The minimum absolute atomic E-state index is 0.0877. The van der Waals surface area contributed by atoms with Gasteiger partial charge in [-0.1, -0.05) is 24.3 Å². The maximum absolute atomic E-state index is 13.4. The molecule has 1 atom stereocenters. The van der Waals surface area contributed by atoms with Gasteiger partial charge in [-0.15, -0.1) is 0 Å². The Balaban J connectivity index is 2.30. The van der Waals surface area contributed by atoms with E-state index in [2.05, 4.69) is 0 Å². The summed E-state index contributed by atoms with van der Waals surface area (Å²) in [5.41, 5.74) is -0.0132. The van der Waals surface area contributed by atoms with Crippen molar-refractivity contribution in [2.45, 2.75) is 24.1 Å². The molecule has 0 aliphatic heterocycles. The molecular weight excluding hydrogens is 383 g/mol. The van der Waals surface area contributed by atoms with E-state index in [0.29, 0.717) is 5.56 Å². The Labute approximate surface area is 155 Å². The normalized spacial score (nSPS) is 13.4. The van der Waals surface area contributed by atoms with Crippen LogP contribution in [-0.4, -0.2) is 39.0 Å². The van der Waals surface area contributed by atoms with Crippen LogP contribution in [-0.2, 0) is 14.8 Å². The van der Waals surface area contributed by atoms with Crippen molar-refractivity contribution in [2.24, 2.45) is 0 Å². The van der Waals surface area contributed by atoms with Crippen molar-refractivity contribution in [1.82, 2.24) is 4.31 Å². The highest BCUT2D eigenvalue weighted by Crippen LogP contribution is 2.37. The summed E-state index contributed by atoms with van der Waals surface area (Å²) in [5.74, 6) is -1.20. The third-order valence-corrected chi connectivity index (χ3v) is 5.69. The fraction of sp³-hybridized carbons (Fsp3) is 0.278. The van der Waals surface area contributed by atoms with E-state index in [1.807, 2.05) is 0 Å². The Kier molecular flexibility index (Phi) is 5.96. The summed E-state index contributed by atoms with van der Waals surface area (Å²) < 4.78 is 69.9. The summed E-state index contributed by atoms with van der Waals surface area (Å²) in [5, 5.41) is 0. The van der Waals surface area contributed by atoms with Gasteiger partial charge in [0.15, 0.2) is 0 Å². The molecule has 2 rings (SSSR count). The number of carbonyl (C=O) groups excluding carboxylic acids is 1. The summed E-state index contributed by atoms with van der Waals surface area (Å²) >= 11 is 0. The Hall–Kier alpha value is -2.39. The Morgan fingerprint density at radius 3 is 2.07 bits per heavy atom. The second-order valence-corrected chi connectivity index (χ2v) is 8.15. The highest BCUT2D eigenvalue weighted by atomic mass is 32.2. The second-order valence-electron chi connectivity index (χ2n) is 6.00. The molecule has 0 N–H and O–H groups in total. The smallest absolute Gasteiger partial charge is 0.429 e. The lowest BCUT2D eigenvalue weighted by atomic mass is 10.0. The topological polar surface area (TPSA) is 63.7 Å². The molecule has 0 fully saturated rings. The second kappa shape index (κ2) is 7.69. The number of aryl methyl sites for hydroxylation is 1. The number of halogens is 3. The molecule has 0 aromatic heterocycles. The average Bonchev–Trinajstić information content (AvgIpc) is 2.59. The first kappa shape index (κ1) is 20.9. The fourth-order valence-corrected chi connectivity index (χ4v) is 3.24. The lowest BCUT2D eigenvalue weighted by molar-refractivity contribution is -0.207. The lowest BCUT2D eigenvalue weighted by Gasteiger charge is -2.22. The van der Waals surface area contributed by atoms with Crippen LogP contribution < -0.4 is 0 Å². The van der Waals surface area contributed by atoms with Gasteiger partial charge in [0.1, 0.15) is 0 Å². The molecule has 2 aromatic carbocycles. The van der Waals surface area contributed by atoms with Crippen molar-refractivity contribution in [3.05, 3.63) is 65.2 Å². The number of carbonyl (C=O) groups is 1.